The lowest BCUT2D eigenvalue weighted by Crippen LogP contribution is -2.53. The fraction of sp³-hybridized carbons (Fsp3) is 0.394. The second-order valence-electron chi connectivity index (χ2n) is 10.2. The van der Waals surface area contributed by atoms with Crippen LogP contribution in [0.15, 0.2) is 77.7 Å². The SMILES string of the molecule is CCOc1ccc(N(CC(=O)N(Cc2ccccc2)C(CC)C(=O)NC(C)CC)S(=O)(=O)c2ccc(OC)c(OC)c2)cc1. The molecule has 3 aromatic rings. The maximum Gasteiger partial charge on any atom is 0.264 e. The van der Waals surface area contributed by atoms with Crippen LogP contribution in [0.3, 0.4) is 0 Å². The number of carbonyl (C=O) groups is 2. The number of hydrogen-bond acceptors (Lipinski definition) is 7. The van der Waals surface area contributed by atoms with Crippen molar-refractivity contribution in [3.63, 3.8) is 0 Å². The molecule has 0 aromatic heterocycles. The fourth-order valence-corrected chi connectivity index (χ4v) is 6.08. The molecule has 0 fully saturated rings. The first-order valence-electron chi connectivity index (χ1n) is 14.7. The van der Waals surface area contributed by atoms with Gasteiger partial charge in [0.2, 0.25) is 11.8 Å². The summed E-state index contributed by atoms with van der Waals surface area (Å²) in [7, 11) is -1.43. The summed E-state index contributed by atoms with van der Waals surface area (Å²) in [5, 5.41) is 2.98. The summed E-state index contributed by atoms with van der Waals surface area (Å²) in [6.07, 6.45) is 1.07. The Labute approximate surface area is 261 Å². The summed E-state index contributed by atoms with van der Waals surface area (Å²) >= 11 is 0. The predicted octanol–water partition coefficient (Wildman–Crippen LogP) is 5.02. The zero-order valence-corrected chi connectivity index (χ0v) is 27.1. The third-order valence-electron chi connectivity index (χ3n) is 7.24. The molecule has 2 amide bonds. The molecule has 10 nitrogen and oxygen atoms in total. The van der Waals surface area contributed by atoms with Crippen LogP contribution in [0.25, 0.3) is 0 Å². The van der Waals surface area contributed by atoms with Crippen molar-refractivity contribution in [2.45, 2.75) is 64.1 Å². The van der Waals surface area contributed by atoms with E-state index in [0.29, 0.717) is 24.5 Å². The summed E-state index contributed by atoms with van der Waals surface area (Å²) in [6, 6.07) is 19.1. The maximum atomic E-state index is 14.2. The van der Waals surface area contributed by atoms with Gasteiger partial charge in [-0.3, -0.25) is 13.9 Å². The minimum absolute atomic E-state index is 0.0870. The molecule has 0 bridgehead atoms. The number of sulfonamides is 1. The van der Waals surface area contributed by atoms with Gasteiger partial charge in [-0.1, -0.05) is 44.2 Å². The van der Waals surface area contributed by atoms with Gasteiger partial charge in [0.05, 0.1) is 31.4 Å². The topological polar surface area (TPSA) is 114 Å². The van der Waals surface area contributed by atoms with E-state index in [2.05, 4.69) is 5.32 Å². The average molecular weight is 626 g/mol. The Kier molecular flexibility index (Phi) is 12.5. The molecule has 0 aliphatic carbocycles. The Morgan fingerprint density at radius 2 is 1.52 bits per heavy atom. The van der Waals surface area contributed by atoms with E-state index >= 15 is 0 Å². The lowest BCUT2D eigenvalue weighted by Gasteiger charge is -2.33. The molecule has 0 aliphatic heterocycles. The molecule has 11 heteroatoms. The Bertz CT molecular complexity index is 1480. The smallest absolute Gasteiger partial charge is 0.264 e. The van der Waals surface area contributed by atoms with Gasteiger partial charge < -0.3 is 24.4 Å². The minimum Gasteiger partial charge on any atom is -0.494 e. The fourth-order valence-electron chi connectivity index (χ4n) is 4.65. The van der Waals surface area contributed by atoms with Crippen LogP contribution in [0.1, 0.15) is 46.1 Å². The number of nitrogens with one attached hydrogen (secondary N) is 1. The van der Waals surface area contributed by atoms with Crippen LogP contribution < -0.4 is 23.8 Å². The highest BCUT2D eigenvalue weighted by molar-refractivity contribution is 7.92. The third kappa shape index (κ3) is 8.43. The normalized spacial score (nSPS) is 12.5. The number of hydrogen-bond donors (Lipinski definition) is 1. The summed E-state index contributed by atoms with van der Waals surface area (Å²) in [5.41, 5.74) is 1.07. The van der Waals surface area contributed by atoms with Crippen molar-refractivity contribution in [3.05, 3.63) is 78.4 Å². The molecule has 0 heterocycles. The number of anilines is 1. The molecule has 0 saturated heterocycles. The van der Waals surface area contributed by atoms with Crippen LogP contribution in [0.4, 0.5) is 5.69 Å². The van der Waals surface area contributed by atoms with E-state index in [1.165, 1.54) is 37.3 Å². The lowest BCUT2D eigenvalue weighted by molar-refractivity contribution is -0.140. The monoisotopic (exact) mass is 625 g/mol. The van der Waals surface area contributed by atoms with Crippen LogP contribution in [-0.4, -0.2) is 64.6 Å². The second kappa shape index (κ2) is 16.0. The molecular formula is C33H43N3O7S. The molecule has 2 unspecified atom stereocenters. The Morgan fingerprint density at radius 1 is 0.864 bits per heavy atom. The molecule has 3 aromatic carbocycles. The number of carbonyl (C=O) groups excluding carboxylic acids is 2. The first kappa shape index (κ1) is 34.2. The first-order valence-corrected chi connectivity index (χ1v) is 16.1. The quantitative estimate of drug-likeness (QED) is 0.238. The van der Waals surface area contributed by atoms with Gasteiger partial charge in [0.15, 0.2) is 11.5 Å². The van der Waals surface area contributed by atoms with E-state index in [1.807, 2.05) is 58.0 Å². The van der Waals surface area contributed by atoms with Gasteiger partial charge in [-0.15, -0.1) is 0 Å². The third-order valence-corrected chi connectivity index (χ3v) is 9.01. The van der Waals surface area contributed by atoms with E-state index in [1.54, 1.807) is 24.3 Å². The van der Waals surface area contributed by atoms with Crippen molar-refractivity contribution in [2.24, 2.45) is 0 Å². The highest BCUT2D eigenvalue weighted by Gasteiger charge is 2.34. The summed E-state index contributed by atoms with van der Waals surface area (Å²) in [5.74, 6) is 0.330. The maximum absolute atomic E-state index is 14.2. The van der Waals surface area contributed by atoms with E-state index < -0.39 is 28.5 Å². The molecule has 1 N–H and O–H groups in total. The molecule has 238 valence electrons. The van der Waals surface area contributed by atoms with E-state index in [4.69, 9.17) is 14.2 Å². The number of ether oxygens (including phenoxy) is 3. The highest BCUT2D eigenvalue weighted by atomic mass is 32.2. The first-order chi connectivity index (χ1) is 21.1. The lowest BCUT2D eigenvalue weighted by atomic mass is 10.1. The molecule has 3 rings (SSSR count). The largest absolute Gasteiger partial charge is 0.494 e. The van der Waals surface area contributed by atoms with Crippen molar-refractivity contribution in [3.8, 4) is 17.2 Å². The van der Waals surface area contributed by atoms with Gasteiger partial charge >= 0.3 is 0 Å². The van der Waals surface area contributed by atoms with Crippen molar-refractivity contribution in [1.82, 2.24) is 10.2 Å². The van der Waals surface area contributed by atoms with Gasteiger partial charge in [-0.05, 0) is 68.7 Å². The van der Waals surface area contributed by atoms with Gasteiger partial charge in [-0.2, -0.15) is 0 Å². The van der Waals surface area contributed by atoms with E-state index in [9.17, 15) is 18.0 Å². The minimum atomic E-state index is -4.30. The van der Waals surface area contributed by atoms with Gasteiger partial charge in [0, 0.05) is 18.7 Å². The van der Waals surface area contributed by atoms with Gasteiger partial charge in [-0.25, -0.2) is 8.42 Å². The zero-order valence-electron chi connectivity index (χ0n) is 26.3. The average Bonchev–Trinajstić information content (AvgIpc) is 3.03. The molecule has 44 heavy (non-hydrogen) atoms. The Balaban J connectivity index is 2.10. The molecule has 0 aliphatic rings. The number of nitrogens with zero attached hydrogens (tertiary/aromatic N) is 2. The van der Waals surface area contributed by atoms with E-state index in [-0.39, 0.29) is 34.8 Å². The standard InChI is InChI=1S/C33H43N3O7S/c1-7-24(4)34-33(38)29(8-2)35(22-25-13-11-10-12-14-25)32(37)23-36(26-15-17-27(18-16-26)43-9-3)44(39,40)28-19-20-30(41-5)31(21-28)42-6/h10-21,24,29H,7-9,22-23H2,1-6H3,(H,34,38). The highest BCUT2D eigenvalue weighted by Crippen LogP contribution is 2.33. The summed E-state index contributed by atoms with van der Waals surface area (Å²) < 4.78 is 45.7. The summed E-state index contributed by atoms with van der Waals surface area (Å²) in [4.78, 5) is 29.0. The molecule has 0 radical (unpaired) electrons. The van der Waals surface area contributed by atoms with Crippen molar-refractivity contribution >= 4 is 27.5 Å². The van der Waals surface area contributed by atoms with Crippen molar-refractivity contribution < 1.29 is 32.2 Å². The van der Waals surface area contributed by atoms with Crippen LogP contribution >= 0.6 is 0 Å². The van der Waals surface area contributed by atoms with E-state index in [0.717, 1.165) is 16.3 Å². The number of rotatable bonds is 16. The Hall–Kier alpha value is -4.25. The predicted molar refractivity (Wildman–Crippen MR) is 171 cm³/mol. The van der Waals surface area contributed by atoms with Crippen LogP contribution in [0, 0.1) is 0 Å². The van der Waals surface area contributed by atoms with Crippen LogP contribution in [-0.2, 0) is 26.2 Å². The number of methoxy groups -OCH3 is 2. The van der Waals surface area contributed by atoms with Gasteiger partial charge in [0.1, 0.15) is 18.3 Å². The Morgan fingerprint density at radius 3 is 2.09 bits per heavy atom. The number of benzene rings is 3. The molecule has 0 spiro atoms. The van der Waals surface area contributed by atoms with Crippen molar-refractivity contribution in [1.29, 1.82) is 0 Å². The number of amides is 2. The van der Waals surface area contributed by atoms with Crippen LogP contribution in [0.2, 0.25) is 0 Å². The van der Waals surface area contributed by atoms with Crippen molar-refractivity contribution in [2.75, 3.05) is 31.7 Å². The van der Waals surface area contributed by atoms with Crippen LogP contribution in [0.5, 0.6) is 17.2 Å². The second-order valence-corrected chi connectivity index (χ2v) is 12.1. The zero-order chi connectivity index (χ0) is 32.3. The molecular weight excluding hydrogens is 582 g/mol. The summed E-state index contributed by atoms with van der Waals surface area (Å²) in [6.45, 7) is 7.56. The molecule has 2 atom stereocenters. The molecule has 0 saturated carbocycles. The van der Waals surface area contributed by atoms with Gasteiger partial charge in [0.25, 0.3) is 10.0 Å².